The lowest BCUT2D eigenvalue weighted by atomic mass is 9.95. The zero-order chi connectivity index (χ0) is 27.7. The summed E-state index contributed by atoms with van der Waals surface area (Å²) in [7, 11) is 1.59. The highest BCUT2D eigenvalue weighted by molar-refractivity contribution is 7.80. The maximum Gasteiger partial charge on any atom is 0.229 e. The Morgan fingerprint density at radius 2 is 1.87 bits per heavy atom. The molecule has 1 amide bonds. The van der Waals surface area contributed by atoms with Gasteiger partial charge >= 0.3 is 0 Å². The Kier molecular flexibility index (Phi) is 7.34. The molecule has 1 aliphatic rings. The van der Waals surface area contributed by atoms with E-state index in [0.29, 0.717) is 21.6 Å². The van der Waals surface area contributed by atoms with Gasteiger partial charge in [0.15, 0.2) is 5.11 Å². The van der Waals surface area contributed by atoms with Crippen LogP contribution in [0.15, 0.2) is 85.2 Å². The predicted octanol–water partition coefficient (Wildman–Crippen LogP) is 6.70. The minimum atomic E-state index is -0.545. The topological polar surface area (TPSA) is 71.4 Å². The molecule has 5 rings (SSSR count). The minimum absolute atomic E-state index is 0.0978. The highest BCUT2D eigenvalue weighted by atomic mass is 35.5. The number of amides is 1. The van der Waals surface area contributed by atoms with E-state index >= 15 is 0 Å². The van der Waals surface area contributed by atoms with E-state index in [4.69, 9.17) is 28.6 Å². The first-order valence-electron chi connectivity index (χ1n) is 12.6. The van der Waals surface area contributed by atoms with E-state index in [9.17, 15) is 4.79 Å². The average molecular weight is 560 g/mol. The van der Waals surface area contributed by atoms with E-state index in [2.05, 4.69) is 31.2 Å². The van der Waals surface area contributed by atoms with Crippen molar-refractivity contribution < 1.29 is 9.53 Å². The number of rotatable bonds is 6. The Bertz CT molecular complexity index is 1520. The Morgan fingerprint density at radius 1 is 1.05 bits per heavy atom. The molecule has 0 radical (unpaired) electrons. The van der Waals surface area contributed by atoms with E-state index in [1.807, 2.05) is 93.7 Å². The highest BCUT2D eigenvalue weighted by Crippen LogP contribution is 2.44. The molecule has 2 atom stereocenters. The molecule has 0 spiro atoms. The van der Waals surface area contributed by atoms with Crippen LogP contribution in [-0.2, 0) is 4.79 Å². The van der Waals surface area contributed by atoms with Crippen molar-refractivity contribution in [1.82, 2.24) is 14.9 Å². The van der Waals surface area contributed by atoms with Gasteiger partial charge in [0.25, 0.3) is 0 Å². The third kappa shape index (κ3) is 5.35. The van der Waals surface area contributed by atoms with Crippen molar-refractivity contribution in [1.29, 1.82) is 0 Å². The Labute approximate surface area is 238 Å². The summed E-state index contributed by atoms with van der Waals surface area (Å²) < 4.78 is 7.82. The Balaban J connectivity index is 1.61. The van der Waals surface area contributed by atoms with Crippen molar-refractivity contribution in [2.75, 3.05) is 17.3 Å². The van der Waals surface area contributed by atoms with E-state index in [1.165, 1.54) is 0 Å². The molecule has 0 saturated carbocycles. The molecule has 1 saturated heterocycles. The zero-order valence-electron chi connectivity index (χ0n) is 22.2. The smallest absolute Gasteiger partial charge is 0.229 e. The Morgan fingerprint density at radius 3 is 2.56 bits per heavy atom. The van der Waals surface area contributed by atoms with Crippen LogP contribution in [0, 0.1) is 5.41 Å². The monoisotopic (exact) mass is 559 g/mol. The van der Waals surface area contributed by atoms with Gasteiger partial charge in [0.1, 0.15) is 11.8 Å². The maximum absolute atomic E-state index is 12.7. The second kappa shape index (κ2) is 10.7. The molecule has 2 aromatic carbocycles. The van der Waals surface area contributed by atoms with Crippen LogP contribution in [0.1, 0.15) is 44.2 Å². The van der Waals surface area contributed by atoms with Gasteiger partial charge in [-0.1, -0.05) is 44.5 Å². The first-order valence-corrected chi connectivity index (χ1v) is 13.4. The van der Waals surface area contributed by atoms with Gasteiger partial charge in [0.2, 0.25) is 5.91 Å². The molecule has 0 unspecified atom stereocenters. The van der Waals surface area contributed by atoms with Crippen LogP contribution in [0.5, 0.6) is 5.75 Å². The quantitative estimate of drug-likeness (QED) is 0.256. The first-order chi connectivity index (χ1) is 18.7. The van der Waals surface area contributed by atoms with Gasteiger partial charge in [0.05, 0.1) is 24.5 Å². The molecule has 0 aliphatic carbocycles. The average Bonchev–Trinajstić information content (AvgIpc) is 3.53. The summed E-state index contributed by atoms with van der Waals surface area (Å²) in [4.78, 5) is 19.4. The number of anilines is 2. The van der Waals surface area contributed by atoms with E-state index < -0.39 is 5.41 Å². The molecule has 2 N–H and O–H groups in total. The minimum Gasteiger partial charge on any atom is -0.494 e. The number of aromatic nitrogens is 2. The molecular formula is C30H30ClN5O2S. The number of pyridine rings is 1. The molecule has 2 aromatic heterocycles. The van der Waals surface area contributed by atoms with Gasteiger partial charge in [-0.2, -0.15) is 0 Å². The van der Waals surface area contributed by atoms with Crippen LogP contribution in [0.25, 0.3) is 5.69 Å². The summed E-state index contributed by atoms with van der Waals surface area (Å²) >= 11 is 12.3. The fourth-order valence-electron chi connectivity index (χ4n) is 4.67. The molecule has 39 heavy (non-hydrogen) atoms. The molecular weight excluding hydrogens is 530 g/mol. The third-order valence-corrected chi connectivity index (χ3v) is 7.21. The summed E-state index contributed by atoms with van der Waals surface area (Å²) in [6.45, 7) is 5.61. The van der Waals surface area contributed by atoms with Gasteiger partial charge < -0.3 is 24.8 Å². The predicted molar refractivity (Wildman–Crippen MR) is 160 cm³/mol. The number of nitrogens with zero attached hydrogens (tertiary/aromatic N) is 3. The first kappa shape index (κ1) is 26.7. The summed E-state index contributed by atoms with van der Waals surface area (Å²) in [5.74, 6) is 0.442. The highest BCUT2D eigenvalue weighted by Gasteiger charge is 2.42. The molecule has 0 bridgehead atoms. The van der Waals surface area contributed by atoms with Crippen LogP contribution < -0.4 is 20.3 Å². The molecule has 4 aromatic rings. The number of carbonyl (C=O) groups excluding carboxylic acids is 1. The largest absolute Gasteiger partial charge is 0.494 e. The van der Waals surface area contributed by atoms with Gasteiger partial charge in [-0.05, 0) is 66.8 Å². The number of benzene rings is 2. The fraction of sp³-hybridized carbons (Fsp3) is 0.233. The van der Waals surface area contributed by atoms with Crippen molar-refractivity contribution >= 4 is 46.2 Å². The van der Waals surface area contributed by atoms with Gasteiger partial charge in [-0.15, -0.1) is 0 Å². The van der Waals surface area contributed by atoms with Crippen LogP contribution in [-0.4, -0.2) is 27.7 Å². The van der Waals surface area contributed by atoms with Gasteiger partial charge in [-0.3, -0.25) is 9.78 Å². The molecule has 3 heterocycles. The summed E-state index contributed by atoms with van der Waals surface area (Å²) in [6.07, 6.45) is 3.80. The number of thiocarbonyl (C=S) groups is 1. The molecule has 1 fully saturated rings. The summed E-state index contributed by atoms with van der Waals surface area (Å²) in [5, 5.41) is 7.69. The van der Waals surface area contributed by atoms with Crippen molar-refractivity contribution in [2.45, 2.75) is 32.9 Å². The fourth-order valence-corrected chi connectivity index (χ4v) is 5.20. The number of hydrogen-bond acceptors (Lipinski definition) is 4. The summed E-state index contributed by atoms with van der Waals surface area (Å²) in [5.41, 5.74) is 3.69. The van der Waals surface area contributed by atoms with Crippen molar-refractivity contribution in [3.63, 3.8) is 0 Å². The molecule has 200 valence electrons. The molecule has 7 nitrogen and oxygen atoms in total. The number of halogens is 1. The SMILES string of the molecule is COc1cc(N2C(=S)N[C@@H](c3ccccn3)[C@H]2c2cccn2-c2cccc(Cl)c2)ccc1NC(=O)C(C)(C)C. The lowest BCUT2D eigenvalue weighted by molar-refractivity contribution is -0.123. The zero-order valence-corrected chi connectivity index (χ0v) is 23.8. The molecule has 1 aliphatic heterocycles. The standard InChI is InChI=1S/C30H30ClN5O2S/c1-30(2,3)28(37)33-22-14-13-21(18-25(22)38-4)36-27(26(34-29(36)39)23-11-5-6-15-32-23)24-12-8-16-35(24)20-10-7-9-19(31)17-20/h5-18,26-27H,1-4H3,(H,33,37)(H,34,39)/t26-,27+/m0/s1. The number of methoxy groups -OCH3 is 1. The normalized spacial score (nSPS) is 17.2. The van der Waals surface area contributed by atoms with Crippen LogP contribution in [0.4, 0.5) is 11.4 Å². The number of carbonyl (C=O) groups is 1. The Hall–Kier alpha value is -3.88. The lowest BCUT2D eigenvalue weighted by Crippen LogP contribution is -2.30. The third-order valence-electron chi connectivity index (χ3n) is 6.66. The second-order valence-corrected chi connectivity index (χ2v) is 11.2. The number of nitrogens with one attached hydrogen (secondary N) is 2. The lowest BCUT2D eigenvalue weighted by Gasteiger charge is -2.29. The van der Waals surface area contributed by atoms with Crippen LogP contribution in [0.2, 0.25) is 5.02 Å². The van der Waals surface area contributed by atoms with Crippen molar-refractivity contribution in [3.8, 4) is 11.4 Å². The van der Waals surface area contributed by atoms with E-state index in [-0.39, 0.29) is 18.0 Å². The van der Waals surface area contributed by atoms with Gasteiger partial charge in [0, 0.05) is 46.0 Å². The second-order valence-electron chi connectivity index (χ2n) is 10.4. The van der Waals surface area contributed by atoms with Crippen molar-refractivity contribution in [3.05, 3.63) is 102 Å². The maximum atomic E-state index is 12.7. The van der Waals surface area contributed by atoms with Crippen LogP contribution >= 0.6 is 23.8 Å². The van der Waals surface area contributed by atoms with Crippen LogP contribution in [0.3, 0.4) is 0 Å². The molecule has 9 heteroatoms. The van der Waals surface area contributed by atoms with Gasteiger partial charge in [-0.25, -0.2) is 0 Å². The number of hydrogen-bond donors (Lipinski definition) is 2. The summed E-state index contributed by atoms with van der Waals surface area (Å²) in [6, 6.07) is 22.9. The van der Waals surface area contributed by atoms with E-state index in [0.717, 1.165) is 22.8 Å². The van der Waals surface area contributed by atoms with E-state index in [1.54, 1.807) is 13.3 Å². The number of ether oxygens (including phenoxy) is 1. The van der Waals surface area contributed by atoms with Crippen molar-refractivity contribution in [2.24, 2.45) is 5.41 Å².